The van der Waals surface area contributed by atoms with Crippen molar-refractivity contribution in [3.63, 3.8) is 0 Å². The maximum atomic E-state index is 12.1. The molecule has 96 valence electrons. The summed E-state index contributed by atoms with van der Waals surface area (Å²) in [6.45, 7) is 5.57. The normalized spacial score (nSPS) is 11.5. The minimum atomic E-state index is -3.53. The van der Waals surface area contributed by atoms with Crippen molar-refractivity contribution in [3.8, 4) is 0 Å². The molecule has 18 heavy (non-hydrogen) atoms. The topological polar surface area (TPSA) is 59.1 Å². The highest BCUT2D eigenvalue weighted by Gasteiger charge is 2.18. The number of nitrogens with zero attached hydrogens (tertiary/aromatic N) is 1. The fourth-order valence-electron chi connectivity index (χ4n) is 1.51. The van der Waals surface area contributed by atoms with Crippen molar-refractivity contribution in [3.05, 3.63) is 41.1 Å². The number of sulfonamides is 1. The minimum Gasteiger partial charge on any atom is -0.279 e. The number of benzene rings is 1. The number of hydrogen-bond acceptors (Lipinski definition) is 4. The highest BCUT2D eigenvalue weighted by Crippen LogP contribution is 2.23. The lowest BCUT2D eigenvalue weighted by Crippen LogP contribution is -2.12. The van der Waals surface area contributed by atoms with E-state index in [1.807, 2.05) is 32.0 Å². The van der Waals surface area contributed by atoms with Crippen LogP contribution in [0.1, 0.15) is 16.8 Å². The third kappa shape index (κ3) is 2.70. The van der Waals surface area contributed by atoms with Crippen molar-refractivity contribution >= 4 is 27.2 Å². The maximum Gasteiger partial charge on any atom is 0.273 e. The molecular formula is C12H14N2O2S2. The van der Waals surface area contributed by atoms with Crippen LogP contribution in [0.25, 0.3) is 0 Å². The van der Waals surface area contributed by atoms with Gasteiger partial charge in [0.05, 0.1) is 11.4 Å². The highest BCUT2D eigenvalue weighted by molar-refractivity contribution is 7.94. The molecule has 2 aromatic rings. The summed E-state index contributed by atoms with van der Waals surface area (Å²) >= 11 is 0.985. The summed E-state index contributed by atoms with van der Waals surface area (Å²) < 4.78 is 31.1. The molecule has 0 bridgehead atoms. The third-order valence-corrected chi connectivity index (χ3v) is 5.20. The van der Waals surface area contributed by atoms with Gasteiger partial charge in [0.1, 0.15) is 0 Å². The van der Waals surface area contributed by atoms with Gasteiger partial charge < -0.3 is 0 Å². The summed E-state index contributed by atoms with van der Waals surface area (Å²) in [6, 6.07) is 7.23. The Hall–Kier alpha value is -1.40. The van der Waals surface area contributed by atoms with Gasteiger partial charge in [0.15, 0.2) is 4.21 Å². The fourth-order valence-corrected chi connectivity index (χ4v) is 3.58. The Bertz CT molecular complexity index is 675. The van der Waals surface area contributed by atoms with Crippen LogP contribution in [0.2, 0.25) is 0 Å². The first-order valence-electron chi connectivity index (χ1n) is 5.42. The van der Waals surface area contributed by atoms with Gasteiger partial charge in [0.25, 0.3) is 10.0 Å². The van der Waals surface area contributed by atoms with Crippen LogP contribution in [-0.2, 0) is 10.0 Å². The molecule has 0 aliphatic rings. The third-order valence-electron chi connectivity index (χ3n) is 2.51. The van der Waals surface area contributed by atoms with E-state index < -0.39 is 10.0 Å². The second kappa shape index (κ2) is 4.70. The number of aryl methyl sites for hydroxylation is 3. The summed E-state index contributed by atoms with van der Waals surface area (Å²) in [7, 11) is -3.53. The van der Waals surface area contributed by atoms with E-state index in [2.05, 4.69) is 9.10 Å². The molecule has 0 amide bonds. The van der Waals surface area contributed by atoms with Gasteiger partial charge in [-0.3, -0.25) is 4.72 Å². The molecule has 1 N–H and O–H groups in total. The standard InChI is InChI=1S/C12H14N2O2S2/c1-8-4-5-9(2)11(6-8)14-18(15,16)12-7-10(3)13-17-12/h4-7,14H,1-3H3. The number of nitrogens with one attached hydrogen (secondary N) is 1. The minimum absolute atomic E-state index is 0.237. The average Bonchev–Trinajstić information content (AvgIpc) is 2.71. The van der Waals surface area contributed by atoms with Crippen molar-refractivity contribution in [1.29, 1.82) is 0 Å². The quantitative estimate of drug-likeness (QED) is 0.941. The maximum absolute atomic E-state index is 12.1. The van der Waals surface area contributed by atoms with Crippen molar-refractivity contribution in [2.45, 2.75) is 25.0 Å². The van der Waals surface area contributed by atoms with Crippen LogP contribution in [0.5, 0.6) is 0 Å². The molecule has 0 spiro atoms. The van der Waals surface area contributed by atoms with Gasteiger partial charge in [0, 0.05) is 0 Å². The van der Waals surface area contributed by atoms with Gasteiger partial charge in [-0.25, -0.2) is 8.42 Å². The van der Waals surface area contributed by atoms with E-state index in [1.54, 1.807) is 13.0 Å². The van der Waals surface area contributed by atoms with Crippen molar-refractivity contribution in [1.82, 2.24) is 4.37 Å². The second-order valence-electron chi connectivity index (χ2n) is 4.21. The SMILES string of the molecule is Cc1ccc(C)c(NS(=O)(=O)c2cc(C)ns2)c1. The Morgan fingerprint density at radius 2 is 1.89 bits per heavy atom. The van der Waals surface area contributed by atoms with Gasteiger partial charge in [0.2, 0.25) is 0 Å². The van der Waals surface area contributed by atoms with Gasteiger partial charge in [-0.2, -0.15) is 4.37 Å². The molecule has 0 atom stereocenters. The molecule has 0 radical (unpaired) electrons. The number of hydrogen-bond donors (Lipinski definition) is 1. The van der Waals surface area contributed by atoms with Gasteiger partial charge in [-0.05, 0) is 55.6 Å². The lowest BCUT2D eigenvalue weighted by atomic mass is 10.1. The van der Waals surface area contributed by atoms with Crippen LogP contribution in [-0.4, -0.2) is 12.8 Å². The predicted octanol–water partition coefficient (Wildman–Crippen LogP) is 2.87. The van der Waals surface area contributed by atoms with Crippen LogP contribution in [0.15, 0.2) is 28.5 Å². The Kier molecular flexibility index (Phi) is 3.41. The van der Waals surface area contributed by atoms with Crippen molar-refractivity contribution in [2.75, 3.05) is 4.72 Å². The first-order valence-corrected chi connectivity index (χ1v) is 7.67. The molecule has 1 aromatic heterocycles. The molecule has 0 saturated heterocycles. The average molecular weight is 282 g/mol. The van der Waals surface area contributed by atoms with Gasteiger partial charge in [-0.1, -0.05) is 12.1 Å². The zero-order chi connectivity index (χ0) is 13.3. The first kappa shape index (κ1) is 13.0. The van der Waals surface area contributed by atoms with Gasteiger partial charge >= 0.3 is 0 Å². The van der Waals surface area contributed by atoms with Crippen LogP contribution in [0, 0.1) is 20.8 Å². The number of anilines is 1. The first-order chi connectivity index (χ1) is 8.38. The number of rotatable bonds is 3. The van der Waals surface area contributed by atoms with Crippen LogP contribution in [0.3, 0.4) is 0 Å². The highest BCUT2D eigenvalue weighted by atomic mass is 32.2. The second-order valence-corrected chi connectivity index (χ2v) is 6.93. The van der Waals surface area contributed by atoms with E-state index >= 15 is 0 Å². The van der Waals surface area contributed by atoms with E-state index in [0.29, 0.717) is 11.4 Å². The van der Waals surface area contributed by atoms with E-state index in [4.69, 9.17) is 0 Å². The van der Waals surface area contributed by atoms with Crippen LogP contribution < -0.4 is 4.72 Å². The van der Waals surface area contributed by atoms with Gasteiger partial charge in [-0.15, -0.1) is 0 Å². The Morgan fingerprint density at radius 3 is 2.50 bits per heavy atom. The predicted molar refractivity (Wildman–Crippen MR) is 73.6 cm³/mol. The molecule has 0 aliphatic heterocycles. The molecule has 6 heteroatoms. The summed E-state index contributed by atoms with van der Waals surface area (Å²) in [6.07, 6.45) is 0. The van der Waals surface area contributed by atoms with E-state index in [9.17, 15) is 8.42 Å². The molecule has 1 heterocycles. The Labute approximate surface area is 111 Å². The molecular weight excluding hydrogens is 268 g/mol. The zero-order valence-corrected chi connectivity index (χ0v) is 12.0. The van der Waals surface area contributed by atoms with Crippen LogP contribution >= 0.6 is 11.5 Å². The number of aromatic nitrogens is 1. The zero-order valence-electron chi connectivity index (χ0n) is 10.4. The molecule has 2 rings (SSSR count). The van der Waals surface area contributed by atoms with Crippen molar-refractivity contribution < 1.29 is 8.42 Å². The smallest absolute Gasteiger partial charge is 0.273 e. The summed E-state index contributed by atoms with van der Waals surface area (Å²) in [5, 5.41) is 0. The Morgan fingerprint density at radius 1 is 1.17 bits per heavy atom. The Balaban J connectivity index is 2.36. The fraction of sp³-hybridized carbons (Fsp3) is 0.250. The van der Waals surface area contributed by atoms with Crippen LogP contribution in [0.4, 0.5) is 5.69 Å². The molecule has 0 fully saturated rings. The van der Waals surface area contributed by atoms with E-state index in [1.165, 1.54) is 0 Å². The molecule has 0 unspecified atom stereocenters. The van der Waals surface area contributed by atoms with E-state index in [-0.39, 0.29) is 4.21 Å². The molecule has 1 aromatic carbocycles. The summed E-state index contributed by atoms with van der Waals surface area (Å²) in [5.41, 5.74) is 3.23. The van der Waals surface area contributed by atoms with E-state index in [0.717, 1.165) is 22.7 Å². The molecule has 0 saturated carbocycles. The lowest BCUT2D eigenvalue weighted by Gasteiger charge is -2.09. The molecule has 4 nitrogen and oxygen atoms in total. The molecule has 0 aliphatic carbocycles. The summed E-state index contributed by atoms with van der Waals surface area (Å²) in [4.78, 5) is 0. The lowest BCUT2D eigenvalue weighted by molar-refractivity contribution is 0.603. The monoisotopic (exact) mass is 282 g/mol. The summed E-state index contributed by atoms with van der Waals surface area (Å²) in [5.74, 6) is 0. The van der Waals surface area contributed by atoms with Crippen molar-refractivity contribution in [2.24, 2.45) is 0 Å². The largest absolute Gasteiger partial charge is 0.279 e.